The molecule has 0 heterocycles. The Morgan fingerprint density at radius 2 is 1.31 bits per heavy atom. The Hall–Kier alpha value is -1.26. The number of aromatic hydroxyl groups is 1. The minimum Gasteiger partial charge on any atom is -0.508 e. The van der Waals surface area contributed by atoms with Crippen LogP contribution in [-0.4, -0.2) is 35.1 Å². The van der Waals surface area contributed by atoms with Gasteiger partial charge < -0.3 is 20.1 Å². The molecule has 0 bridgehead atoms. The number of phenols is 1. The molecule has 0 amide bonds. The average molecular weight is 367 g/mol. The number of hydrogen-bond acceptors (Lipinski definition) is 4. The van der Waals surface area contributed by atoms with E-state index in [9.17, 15) is 5.11 Å². The summed E-state index contributed by atoms with van der Waals surface area (Å²) in [6, 6.07) is 3.87. The Morgan fingerprint density at radius 3 is 1.77 bits per heavy atom. The fourth-order valence-electron chi connectivity index (χ4n) is 3.54. The molecule has 0 saturated heterocycles. The molecule has 3 N–H and O–H groups in total. The van der Waals surface area contributed by atoms with Crippen molar-refractivity contribution in [3.8, 4) is 11.5 Å². The van der Waals surface area contributed by atoms with Crippen molar-refractivity contribution in [1.82, 2.24) is 0 Å². The average Bonchev–Trinajstić information content (AvgIpc) is 2.56. The Morgan fingerprint density at radius 1 is 0.808 bits per heavy atom. The van der Waals surface area contributed by atoms with Crippen LogP contribution >= 0.6 is 0 Å². The maximum Gasteiger partial charge on any atom is 0.123 e. The topological polar surface area (TPSA) is 69.9 Å². The summed E-state index contributed by atoms with van der Waals surface area (Å²) in [5.41, 5.74) is 1.58. The maximum absolute atomic E-state index is 10.8. The second kappa shape index (κ2) is 10.2. The van der Waals surface area contributed by atoms with Crippen molar-refractivity contribution >= 4 is 0 Å². The summed E-state index contributed by atoms with van der Waals surface area (Å²) in [6.45, 7) is 11.5. The minimum atomic E-state index is -0.190. The van der Waals surface area contributed by atoms with Gasteiger partial charge in [-0.25, -0.2) is 0 Å². The maximum atomic E-state index is 10.8. The van der Waals surface area contributed by atoms with Crippen LogP contribution in [0.3, 0.4) is 0 Å². The first-order valence-electron chi connectivity index (χ1n) is 9.92. The number of phenolic OH excluding ortho intramolecular Hbond substituents is 1. The molecular formula is C22H38O4. The summed E-state index contributed by atoms with van der Waals surface area (Å²) in [6.07, 6.45) is 5.23. The first kappa shape index (κ1) is 22.8. The van der Waals surface area contributed by atoms with Gasteiger partial charge in [-0.1, -0.05) is 40.5 Å². The number of aliphatic hydroxyl groups is 2. The third-order valence-electron chi connectivity index (χ3n) is 5.28. The van der Waals surface area contributed by atoms with Gasteiger partial charge in [0.2, 0.25) is 0 Å². The summed E-state index contributed by atoms with van der Waals surface area (Å²) in [5.74, 6) is 1.15. The molecule has 0 unspecified atom stereocenters. The molecule has 0 aromatic heterocycles. The molecule has 4 nitrogen and oxygen atoms in total. The SMILES string of the molecule is CCOc1cc(C(C)(C)CCCCO)c(O)cc1C(C)(C)CCCCO. The summed E-state index contributed by atoms with van der Waals surface area (Å²) in [4.78, 5) is 0. The van der Waals surface area contributed by atoms with Gasteiger partial charge in [0.25, 0.3) is 0 Å². The number of rotatable bonds is 12. The van der Waals surface area contributed by atoms with Crippen LogP contribution in [0.1, 0.15) is 84.3 Å². The highest BCUT2D eigenvalue weighted by atomic mass is 16.5. The van der Waals surface area contributed by atoms with E-state index in [1.165, 1.54) is 0 Å². The molecule has 0 atom stereocenters. The second-order valence-electron chi connectivity index (χ2n) is 8.43. The van der Waals surface area contributed by atoms with Gasteiger partial charge in [-0.15, -0.1) is 0 Å². The number of unbranched alkanes of at least 4 members (excludes halogenated alkanes) is 2. The van der Waals surface area contributed by atoms with Crippen molar-refractivity contribution in [2.75, 3.05) is 19.8 Å². The number of benzene rings is 1. The molecule has 4 heteroatoms. The highest BCUT2D eigenvalue weighted by Gasteiger charge is 2.30. The van der Waals surface area contributed by atoms with E-state index in [1.54, 1.807) is 0 Å². The van der Waals surface area contributed by atoms with Gasteiger partial charge >= 0.3 is 0 Å². The first-order chi connectivity index (χ1) is 12.2. The molecule has 0 radical (unpaired) electrons. The molecule has 0 aliphatic rings. The highest BCUT2D eigenvalue weighted by molar-refractivity contribution is 5.51. The molecule has 26 heavy (non-hydrogen) atoms. The van der Waals surface area contributed by atoms with Gasteiger partial charge in [0.15, 0.2) is 0 Å². The zero-order valence-electron chi connectivity index (χ0n) is 17.3. The molecule has 0 aliphatic heterocycles. The molecule has 1 rings (SSSR count). The molecule has 0 saturated carbocycles. The third-order valence-corrected chi connectivity index (χ3v) is 5.28. The van der Waals surface area contributed by atoms with E-state index in [4.69, 9.17) is 14.9 Å². The van der Waals surface area contributed by atoms with Crippen LogP contribution in [0, 0.1) is 0 Å². The second-order valence-corrected chi connectivity index (χ2v) is 8.43. The number of aliphatic hydroxyl groups excluding tert-OH is 2. The number of hydrogen-bond donors (Lipinski definition) is 3. The lowest BCUT2D eigenvalue weighted by atomic mass is 9.75. The van der Waals surface area contributed by atoms with Gasteiger partial charge in [0.05, 0.1) is 6.61 Å². The Kier molecular flexibility index (Phi) is 8.91. The van der Waals surface area contributed by atoms with Crippen LogP contribution in [0.4, 0.5) is 0 Å². The standard InChI is InChI=1S/C22H38O4/c1-6-26-20-16-17(21(2,3)11-7-9-13-23)19(25)15-18(20)22(4,5)12-8-10-14-24/h15-16,23-25H,6-14H2,1-5H3. The van der Waals surface area contributed by atoms with Crippen LogP contribution < -0.4 is 4.74 Å². The molecule has 0 fully saturated rings. The summed E-state index contributed by atoms with van der Waals surface area (Å²) in [5, 5.41) is 28.8. The van der Waals surface area contributed by atoms with Gasteiger partial charge in [-0.05, 0) is 55.6 Å². The molecular weight excluding hydrogens is 328 g/mol. The Labute approximate surface area is 159 Å². The van der Waals surface area contributed by atoms with E-state index in [0.29, 0.717) is 12.4 Å². The molecule has 0 aliphatic carbocycles. The van der Waals surface area contributed by atoms with Crippen molar-refractivity contribution in [2.45, 2.75) is 84.0 Å². The normalized spacial score (nSPS) is 12.4. The monoisotopic (exact) mass is 366 g/mol. The van der Waals surface area contributed by atoms with Gasteiger partial charge in [-0.2, -0.15) is 0 Å². The largest absolute Gasteiger partial charge is 0.508 e. The minimum absolute atomic E-state index is 0.142. The predicted octanol–water partition coefficient (Wildman–Crippen LogP) is 4.67. The zero-order chi connectivity index (χ0) is 19.8. The summed E-state index contributed by atoms with van der Waals surface area (Å²) in [7, 11) is 0. The smallest absolute Gasteiger partial charge is 0.123 e. The van der Waals surface area contributed by atoms with E-state index in [-0.39, 0.29) is 24.0 Å². The van der Waals surface area contributed by atoms with Crippen LogP contribution in [0.5, 0.6) is 11.5 Å². The van der Waals surface area contributed by atoms with E-state index in [0.717, 1.165) is 55.4 Å². The van der Waals surface area contributed by atoms with Crippen LogP contribution in [0.25, 0.3) is 0 Å². The lowest BCUT2D eigenvalue weighted by molar-refractivity contribution is 0.273. The van der Waals surface area contributed by atoms with Crippen molar-refractivity contribution in [3.05, 3.63) is 23.3 Å². The number of ether oxygens (including phenoxy) is 1. The Balaban J connectivity index is 3.20. The molecule has 1 aromatic rings. The lowest BCUT2D eigenvalue weighted by Crippen LogP contribution is -2.22. The van der Waals surface area contributed by atoms with E-state index in [2.05, 4.69) is 27.7 Å². The van der Waals surface area contributed by atoms with E-state index in [1.807, 2.05) is 19.1 Å². The van der Waals surface area contributed by atoms with Gasteiger partial charge in [-0.3, -0.25) is 0 Å². The van der Waals surface area contributed by atoms with Crippen molar-refractivity contribution in [2.24, 2.45) is 0 Å². The summed E-state index contributed by atoms with van der Waals surface area (Å²) >= 11 is 0. The van der Waals surface area contributed by atoms with Crippen molar-refractivity contribution < 1.29 is 20.1 Å². The summed E-state index contributed by atoms with van der Waals surface area (Å²) < 4.78 is 5.95. The molecule has 0 spiro atoms. The van der Waals surface area contributed by atoms with Crippen LogP contribution in [-0.2, 0) is 10.8 Å². The van der Waals surface area contributed by atoms with Crippen molar-refractivity contribution in [1.29, 1.82) is 0 Å². The van der Waals surface area contributed by atoms with E-state index >= 15 is 0 Å². The van der Waals surface area contributed by atoms with Gasteiger partial charge in [0, 0.05) is 24.3 Å². The van der Waals surface area contributed by atoms with Gasteiger partial charge in [0.1, 0.15) is 11.5 Å². The fourth-order valence-corrected chi connectivity index (χ4v) is 3.54. The Bertz CT molecular complexity index is 549. The first-order valence-corrected chi connectivity index (χ1v) is 9.92. The third kappa shape index (κ3) is 6.17. The van der Waals surface area contributed by atoms with E-state index < -0.39 is 0 Å². The van der Waals surface area contributed by atoms with Crippen molar-refractivity contribution in [3.63, 3.8) is 0 Å². The quantitative estimate of drug-likeness (QED) is 0.470. The fraction of sp³-hybridized carbons (Fsp3) is 0.727. The highest BCUT2D eigenvalue weighted by Crippen LogP contribution is 2.44. The van der Waals surface area contributed by atoms with Crippen LogP contribution in [0.2, 0.25) is 0 Å². The van der Waals surface area contributed by atoms with Crippen LogP contribution in [0.15, 0.2) is 12.1 Å². The molecule has 150 valence electrons. The predicted molar refractivity (Wildman–Crippen MR) is 107 cm³/mol. The molecule has 1 aromatic carbocycles. The lowest BCUT2D eigenvalue weighted by Gasteiger charge is -2.31. The zero-order valence-corrected chi connectivity index (χ0v) is 17.3.